The molecule has 0 N–H and O–H groups in total. The van der Waals surface area contributed by atoms with E-state index in [1.165, 1.54) is 32.2 Å². The third kappa shape index (κ3) is 1.49. The van der Waals surface area contributed by atoms with Gasteiger partial charge in [-0.15, -0.1) is 0 Å². The summed E-state index contributed by atoms with van der Waals surface area (Å²) in [5.41, 5.74) is 0. The summed E-state index contributed by atoms with van der Waals surface area (Å²) in [5, 5.41) is 0.668. The Kier molecular flexibility index (Phi) is 1.75. The maximum absolute atomic E-state index is 4.53. The topological polar surface area (TPSA) is 3.01 Å². The first-order valence-electron chi connectivity index (χ1n) is 3.90. The predicted octanol–water partition coefficient (Wildman–Crippen LogP) is 1.79. The monoisotopic (exact) mass is 175 g/mol. The van der Waals surface area contributed by atoms with E-state index in [1.807, 2.05) is 0 Å². The van der Waals surface area contributed by atoms with Crippen LogP contribution in [0.3, 0.4) is 0 Å². The van der Waals surface area contributed by atoms with Crippen molar-refractivity contribution in [3.8, 4) is 0 Å². The molecule has 2 heterocycles. The molecule has 0 spiro atoms. The molecule has 0 aromatic carbocycles. The van der Waals surface area contributed by atoms with E-state index in [2.05, 4.69) is 24.1 Å². The second kappa shape index (κ2) is 2.36. The molecule has 2 saturated heterocycles. The van der Waals surface area contributed by atoms with Crippen molar-refractivity contribution >= 4 is 19.4 Å². The van der Waals surface area contributed by atoms with Crippen LogP contribution in [0.4, 0.5) is 0 Å². The molecule has 2 unspecified atom stereocenters. The second-order valence-corrected chi connectivity index (χ2v) is 7.29. The minimum Gasteiger partial charge on any atom is -0.301 e. The van der Waals surface area contributed by atoms with Gasteiger partial charge in [0.2, 0.25) is 0 Å². The zero-order chi connectivity index (χ0) is 7.19. The molecule has 0 bridgehead atoms. The summed E-state index contributed by atoms with van der Waals surface area (Å²) in [7, 11) is 0.149. The molecule has 2 fully saturated rings. The van der Waals surface area contributed by atoms with Crippen molar-refractivity contribution in [2.24, 2.45) is 0 Å². The molecule has 2 atom stereocenters. The average Bonchev–Trinajstić information content (AvgIpc) is 2.70. The van der Waals surface area contributed by atoms with Gasteiger partial charge in [0.15, 0.2) is 0 Å². The number of hydrogen-bond donors (Lipinski definition) is 1. The van der Waals surface area contributed by atoms with Crippen molar-refractivity contribution in [1.82, 2.24) is 4.90 Å². The second-order valence-electron chi connectivity index (χ2n) is 3.65. The molecule has 0 aromatic heterocycles. The smallest absolute Gasteiger partial charge is 0.0110 e. The lowest BCUT2D eigenvalue weighted by atomic mass is 10.1. The van der Waals surface area contributed by atoms with Crippen LogP contribution in [0.25, 0.3) is 0 Å². The van der Waals surface area contributed by atoms with Crippen LogP contribution in [-0.2, 0) is 0 Å². The van der Waals surface area contributed by atoms with Gasteiger partial charge >= 0.3 is 0 Å². The van der Waals surface area contributed by atoms with Gasteiger partial charge in [0.1, 0.15) is 0 Å². The van der Waals surface area contributed by atoms with E-state index in [1.54, 1.807) is 0 Å². The molecule has 0 radical (unpaired) electrons. The van der Waals surface area contributed by atoms with E-state index in [-0.39, 0.29) is 7.12 Å². The van der Waals surface area contributed by atoms with Gasteiger partial charge in [0, 0.05) is 18.2 Å². The molecule has 0 amide bonds. The first-order valence-corrected chi connectivity index (χ1v) is 6.58. The van der Waals surface area contributed by atoms with Crippen LogP contribution in [0.2, 0.25) is 0 Å². The summed E-state index contributed by atoms with van der Waals surface area (Å²) >= 11 is 4.53. The molecule has 1 nitrogen and oxygen atoms in total. The van der Waals surface area contributed by atoms with E-state index in [9.17, 15) is 0 Å². The SMILES string of the molecule is CC1(CCN2CC2)CP1S. The highest BCUT2D eigenvalue weighted by Crippen LogP contribution is 2.72. The first-order chi connectivity index (χ1) is 4.71. The largest absolute Gasteiger partial charge is 0.301 e. The fourth-order valence-electron chi connectivity index (χ4n) is 1.19. The van der Waals surface area contributed by atoms with Gasteiger partial charge in [-0.2, -0.15) is 12.2 Å². The summed E-state index contributed by atoms with van der Waals surface area (Å²) in [6.07, 6.45) is 2.79. The fraction of sp³-hybridized carbons (Fsp3) is 1.00. The quantitative estimate of drug-likeness (QED) is 0.389. The highest BCUT2D eigenvalue weighted by molar-refractivity contribution is 8.48. The first kappa shape index (κ1) is 7.39. The van der Waals surface area contributed by atoms with Crippen molar-refractivity contribution in [1.29, 1.82) is 0 Å². The molecule has 3 heteroatoms. The summed E-state index contributed by atoms with van der Waals surface area (Å²) < 4.78 is 0. The Bertz CT molecular complexity index is 149. The molecule has 2 aliphatic rings. The van der Waals surface area contributed by atoms with Gasteiger partial charge in [-0.25, -0.2) is 0 Å². The summed E-state index contributed by atoms with van der Waals surface area (Å²) in [6.45, 7) is 6.41. The van der Waals surface area contributed by atoms with Gasteiger partial charge in [0.05, 0.1) is 0 Å². The highest BCUT2D eigenvalue weighted by atomic mass is 32.7. The van der Waals surface area contributed by atoms with E-state index in [4.69, 9.17) is 0 Å². The van der Waals surface area contributed by atoms with Crippen molar-refractivity contribution in [2.75, 3.05) is 25.8 Å². The molecular weight excluding hydrogens is 161 g/mol. The van der Waals surface area contributed by atoms with Crippen molar-refractivity contribution < 1.29 is 0 Å². The van der Waals surface area contributed by atoms with Crippen LogP contribution in [0, 0.1) is 0 Å². The average molecular weight is 175 g/mol. The van der Waals surface area contributed by atoms with Crippen LogP contribution in [0.5, 0.6) is 0 Å². The Morgan fingerprint density at radius 3 is 2.60 bits per heavy atom. The third-order valence-corrected chi connectivity index (χ3v) is 6.63. The third-order valence-electron chi connectivity index (χ3n) is 2.52. The maximum Gasteiger partial charge on any atom is 0.0110 e. The lowest BCUT2D eigenvalue weighted by Gasteiger charge is -2.07. The molecule has 10 heavy (non-hydrogen) atoms. The molecule has 2 aliphatic heterocycles. The van der Waals surface area contributed by atoms with Crippen molar-refractivity contribution in [2.45, 2.75) is 18.5 Å². The van der Waals surface area contributed by atoms with Gasteiger partial charge in [-0.1, -0.05) is 6.92 Å². The highest BCUT2D eigenvalue weighted by Gasteiger charge is 2.47. The molecule has 0 aromatic rings. The van der Waals surface area contributed by atoms with E-state index in [0.29, 0.717) is 5.16 Å². The minimum absolute atomic E-state index is 0.149. The molecular formula is C7H14NPS. The number of hydrogen-bond acceptors (Lipinski definition) is 2. The zero-order valence-electron chi connectivity index (χ0n) is 6.38. The Morgan fingerprint density at radius 1 is 1.60 bits per heavy atom. The van der Waals surface area contributed by atoms with E-state index < -0.39 is 0 Å². The lowest BCUT2D eigenvalue weighted by Crippen LogP contribution is -2.10. The maximum atomic E-state index is 4.53. The van der Waals surface area contributed by atoms with E-state index >= 15 is 0 Å². The molecule has 0 saturated carbocycles. The van der Waals surface area contributed by atoms with Crippen LogP contribution < -0.4 is 0 Å². The van der Waals surface area contributed by atoms with E-state index in [0.717, 1.165) is 0 Å². The molecule has 58 valence electrons. The molecule has 0 aliphatic carbocycles. The minimum atomic E-state index is 0.149. The molecule has 2 rings (SSSR count). The van der Waals surface area contributed by atoms with Crippen LogP contribution in [0.1, 0.15) is 13.3 Å². The Morgan fingerprint density at radius 2 is 2.20 bits per heavy atom. The van der Waals surface area contributed by atoms with Crippen molar-refractivity contribution in [3.63, 3.8) is 0 Å². The van der Waals surface area contributed by atoms with Gasteiger partial charge in [-0.3, -0.25) is 0 Å². The van der Waals surface area contributed by atoms with Crippen LogP contribution in [-0.4, -0.2) is 35.9 Å². The van der Waals surface area contributed by atoms with Gasteiger partial charge < -0.3 is 4.90 Å². The number of rotatable bonds is 3. The lowest BCUT2D eigenvalue weighted by molar-refractivity contribution is 0.508. The van der Waals surface area contributed by atoms with Gasteiger partial charge in [-0.05, 0) is 26.3 Å². The number of thiol groups is 1. The Labute approximate surface area is 69.1 Å². The Balaban J connectivity index is 1.69. The zero-order valence-corrected chi connectivity index (χ0v) is 8.17. The standard InChI is InChI=1S/C7H14NPS/c1-7(6-9(7)10)2-3-8-4-5-8/h10H,2-6H2,1H3. The van der Waals surface area contributed by atoms with Gasteiger partial charge in [0.25, 0.3) is 0 Å². The fourth-order valence-corrected chi connectivity index (χ4v) is 4.06. The predicted molar refractivity (Wildman–Crippen MR) is 50.2 cm³/mol. The van der Waals surface area contributed by atoms with Crippen molar-refractivity contribution in [3.05, 3.63) is 0 Å². The normalized spacial score (nSPS) is 45.6. The summed E-state index contributed by atoms with van der Waals surface area (Å²) in [4.78, 5) is 2.50. The van der Waals surface area contributed by atoms with Crippen LogP contribution >= 0.6 is 19.4 Å². The summed E-state index contributed by atoms with van der Waals surface area (Å²) in [6, 6.07) is 0. The Hall–Kier alpha value is 0.740. The summed E-state index contributed by atoms with van der Waals surface area (Å²) in [5.74, 6) is 0. The van der Waals surface area contributed by atoms with Crippen LogP contribution in [0.15, 0.2) is 0 Å². The number of nitrogens with zero attached hydrogens (tertiary/aromatic N) is 1.